The molecule has 0 unspecified atom stereocenters. The number of methoxy groups -OCH3 is 1. The van der Waals surface area contributed by atoms with Gasteiger partial charge in [-0.15, -0.1) is 6.58 Å². The van der Waals surface area contributed by atoms with Gasteiger partial charge in [-0.1, -0.05) is 31.1 Å². The summed E-state index contributed by atoms with van der Waals surface area (Å²) in [6.45, 7) is 5.29. The quantitative estimate of drug-likeness (QED) is 0.334. The number of nitrogens with one attached hydrogen (secondary N) is 3. The third-order valence-electron chi connectivity index (χ3n) is 12.4. The van der Waals surface area contributed by atoms with Crippen LogP contribution in [0.5, 0.6) is 11.6 Å². The Hall–Kier alpha value is -4.70. The number of sulfonamides is 1. The number of rotatable bonds is 8. The van der Waals surface area contributed by atoms with Crippen molar-refractivity contribution >= 4 is 50.8 Å². The first-order valence-electron chi connectivity index (χ1n) is 20.3. The number of carbonyl (C=O) groups is 4. The van der Waals surface area contributed by atoms with Crippen LogP contribution in [0.2, 0.25) is 0 Å². The largest absolute Gasteiger partial charge is 0.497 e. The molecule has 3 saturated carbocycles. The molecule has 2 saturated heterocycles. The van der Waals surface area contributed by atoms with Gasteiger partial charge < -0.3 is 34.6 Å². The molecule has 2 aromatic rings. The predicted octanol–water partition coefficient (Wildman–Crippen LogP) is 3.43. The molecule has 4 bridgehead atoms. The lowest BCUT2D eigenvalue weighted by Gasteiger charge is -2.33. The van der Waals surface area contributed by atoms with Crippen LogP contribution in [0.25, 0.3) is 17.0 Å². The summed E-state index contributed by atoms with van der Waals surface area (Å²) in [6, 6.07) is 5.23. The summed E-state index contributed by atoms with van der Waals surface area (Å²) in [5, 5.41) is 6.17. The summed E-state index contributed by atoms with van der Waals surface area (Å²) in [4.78, 5) is 64.9. The Morgan fingerprint density at radius 3 is 2.61 bits per heavy atom. The van der Waals surface area contributed by atoms with Gasteiger partial charge in [0.1, 0.15) is 29.5 Å². The van der Waals surface area contributed by atoms with Crippen molar-refractivity contribution in [3.63, 3.8) is 0 Å². The average Bonchev–Trinajstić information content (AvgIpc) is 3.97. The maximum atomic E-state index is 14.9. The molecule has 3 aliphatic carbocycles. The molecule has 0 spiro atoms. The fourth-order valence-electron chi connectivity index (χ4n) is 8.82. The van der Waals surface area contributed by atoms with Crippen molar-refractivity contribution in [2.75, 3.05) is 33.4 Å². The van der Waals surface area contributed by atoms with Crippen LogP contribution in [0.3, 0.4) is 0 Å². The van der Waals surface area contributed by atoms with Gasteiger partial charge in [0.25, 0.3) is 5.91 Å². The molecule has 15 nitrogen and oxygen atoms in total. The number of ether oxygens (including phenoxy) is 3. The third-order valence-corrected chi connectivity index (χ3v) is 14.2. The van der Waals surface area contributed by atoms with Crippen molar-refractivity contribution in [2.45, 2.75) is 106 Å². The average molecular weight is 805 g/mol. The highest BCUT2D eigenvalue weighted by atomic mass is 32.2. The maximum Gasteiger partial charge on any atom is 0.318 e. The molecular formula is C41H52N6O9S. The van der Waals surface area contributed by atoms with Gasteiger partial charge in [0, 0.05) is 49.1 Å². The van der Waals surface area contributed by atoms with Crippen molar-refractivity contribution in [3.8, 4) is 11.6 Å². The summed E-state index contributed by atoms with van der Waals surface area (Å²) in [5.74, 6) is -1.54. The van der Waals surface area contributed by atoms with Crippen molar-refractivity contribution < 1.29 is 41.8 Å². The number of amides is 5. The van der Waals surface area contributed by atoms with Crippen molar-refractivity contribution in [1.82, 2.24) is 30.1 Å². The van der Waals surface area contributed by atoms with Crippen LogP contribution in [-0.2, 0) is 29.1 Å². The first-order valence-corrected chi connectivity index (χ1v) is 21.8. The number of pyridine rings is 1. The summed E-state index contributed by atoms with van der Waals surface area (Å²) in [5.41, 5.74) is -0.177. The number of fused-ring (bicyclic) bond motifs is 6. The Kier molecular flexibility index (Phi) is 10.9. The van der Waals surface area contributed by atoms with Crippen LogP contribution in [0, 0.1) is 11.8 Å². The molecule has 57 heavy (non-hydrogen) atoms. The number of benzene rings is 1. The van der Waals surface area contributed by atoms with Crippen molar-refractivity contribution in [2.24, 2.45) is 11.8 Å². The second-order valence-electron chi connectivity index (χ2n) is 16.3. The molecule has 5 fully saturated rings. The van der Waals surface area contributed by atoms with Gasteiger partial charge in [0.2, 0.25) is 27.7 Å². The Labute approximate surface area is 333 Å². The van der Waals surface area contributed by atoms with E-state index < -0.39 is 62.6 Å². The number of nitrogens with zero attached hydrogens (tertiary/aromatic N) is 3. The number of hydrogen-bond acceptors (Lipinski definition) is 10. The molecule has 4 heterocycles. The van der Waals surface area contributed by atoms with E-state index >= 15 is 0 Å². The van der Waals surface area contributed by atoms with E-state index in [0.29, 0.717) is 56.1 Å². The highest BCUT2D eigenvalue weighted by molar-refractivity contribution is 7.91. The first-order chi connectivity index (χ1) is 27.5. The number of urea groups is 1. The summed E-state index contributed by atoms with van der Waals surface area (Å²) < 4.78 is 46.1. The van der Waals surface area contributed by atoms with Crippen LogP contribution in [0.4, 0.5) is 4.79 Å². The molecule has 1 aromatic carbocycles. The lowest BCUT2D eigenvalue weighted by molar-refractivity contribution is -0.142. The van der Waals surface area contributed by atoms with Crippen LogP contribution < -0.4 is 24.8 Å². The SMILES string of the molecule is C=C[C@@H]1C[C@]1(NC(=O)[C@@H]1C[C@@H]2CN1C(=O)[C@H](C1CCCC1)NC(=O)N1CC[C@@H](C1)OCCC/C=C/c1cc3ccc(OC)cc3nc1O2)C(=O)NS(=O)(=O)C1CC1. The predicted molar refractivity (Wildman–Crippen MR) is 211 cm³/mol. The third kappa shape index (κ3) is 8.20. The minimum atomic E-state index is -3.90. The van der Waals surface area contributed by atoms with E-state index in [2.05, 4.69) is 21.9 Å². The van der Waals surface area contributed by atoms with Crippen LogP contribution in [0.15, 0.2) is 43.0 Å². The smallest absolute Gasteiger partial charge is 0.318 e. The monoisotopic (exact) mass is 804 g/mol. The van der Waals surface area contributed by atoms with Gasteiger partial charge >= 0.3 is 6.03 Å². The summed E-state index contributed by atoms with van der Waals surface area (Å²) in [7, 11) is -2.32. The summed E-state index contributed by atoms with van der Waals surface area (Å²) >= 11 is 0. The van der Waals surface area contributed by atoms with Gasteiger partial charge in [-0.05, 0) is 75.5 Å². The Balaban J connectivity index is 1.14. The Morgan fingerprint density at radius 1 is 1.07 bits per heavy atom. The molecule has 6 atom stereocenters. The minimum absolute atomic E-state index is 0.0107. The molecular weight excluding hydrogens is 753 g/mol. The second-order valence-corrected chi connectivity index (χ2v) is 18.3. The highest BCUT2D eigenvalue weighted by Gasteiger charge is 2.62. The maximum absolute atomic E-state index is 14.9. The molecule has 8 rings (SSSR count). The van der Waals surface area contributed by atoms with Crippen LogP contribution in [0.1, 0.15) is 76.2 Å². The molecule has 3 N–H and O–H groups in total. The van der Waals surface area contributed by atoms with E-state index in [9.17, 15) is 27.6 Å². The highest BCUT2D eigenvalue weighted by Crippen LogP contribution is 2.46. The number of hydrogen-bond donors (Lipinski definition) is 3. The zero-order valence-corrected chi connectivity index (χ0v) is 33.1. The van der Waals surface area contributed by atoms with Gasteiger partial charge in [-0.2, -0.15) is 0 Å². The molecule has 6 aliphatic rings. The van der Waals surface area contributed by atoms with E-state index in [4.69, 9.17) is 19.2 Å². The van der Waals surface area contributed by atoms with E-state index in [-0.39, 0.29) is 37.4 Å². The molecule has 306 valence electrons. The van der Waals surface area contributed by atoms with Gasteiger partial charge in [0.15, 0.2) is 0 Å². The fourth-order valence-corrected chi connectivity index (χ4v) is 10.2. The fraction of sp³-hybridized carbons (Fsp3) is 0.585. The van der Waals surface area contributed by atoms with Gasteiger partial charge in [-0.25, -0.2) is 18.2 Å². The first kappa shape index (κ1) is 39.1. The van der Waals surface area contributed by atoms with E-state index in [1.165, 1.54) is 11.0 Å². The standard InChI is InChI=1S/C41H52N6O9S/c1-3-28-22-41(28,39(50)45-57(52,53)32-14-15-32)44-36(48)34-21-31-24-47(34)38(49)35(25-9-6-7-10-25)43-40(51)46-17-16-30(23-46)55-18-8-4-5-11-27-19-26-12-13-29(54-2)20-33(26)42-37(27)56-31/h3,5,11-13,19-20,25,28,30-32,34-35H,1,4,6-10,14-18,21-24H2,2H3,(H,43,51)(H,44,48)(H,45,50)/b11-5+/t28-,30+,31-,34+,35+,41-/m1/s1. The molecule has 1 aromatic heterocycles. The van der Waals surface area contributed by atoms with E-state index in [1.807, 2.05) is 36.4 Å². The lowest BCUT2D eigenvalue weighted by atomic mass is 9.96. The van der Waals surface area contributed by atoms with Crippen molar-refractivity contribution in [3.05, 3.63) is 48.6 Å². The number of aromatic nitrogens is 1. The Bertz CT molecular complexity index is 2070. The van der Waals surface area contributed by atoms with E-state index in [0.717, 1.165) is 49.5 Å². The minimum Gasteiger partial charge on any atom is -0.497 e. The second kappa shape index (κ2) is 15.9. The summed E-state index contributed by atoms with van der Waals surface area (Å²) in [6.07, 6.45) is 11.4. The van der Waals surface area contributed by atoms with E-state index in [1.54, 1.807) is 12.0 Å². The molecule has 3 aliphatic heterocycles. The normalized spacial score (nSPS) is 30.3. The zero-order chi connectivity index (χ0) is 39.9. The molecule has 5 amide bonds. The topological polar surface area (TPSA) is 186 Å². The zero-order valence-electron chi connectivity index (χ0n) is 32.3. The number of allylic oxidation sites excluding steroid dienone is 1. The molecule has 0 radical (unpaired) electrons. The van der Waals surface area contributed by atoms with Gasteiger partial charge in [0.05, 0.1) is 30.5 Å². The molecule has 16 heteroatoms. The lowest BCUT2D eigenvalue weighted by Crippen LogP contribution is -2.59. The van der Waals surface area contributed by atoms with Gasteiger partial charge in [-0.3, -0.25) is 19.1 Å². The Morgan fingerprint density at radius 2 is 1.88 bits per heavy atom. The van der Waals surface area contributed by atoms with Crippen LogP contribution >= 0.6 is 0 Å². The van der Waals surface area contributed by atoms with Crippen LogP contribution in [-0.4, -0.2) is 115 Å². The number of carbonyl (C=O) groups excluding carboxylic acids is 4. The van der Waals surface area contributed by atoms with Crippen molar-refractivity contribution in [1.29, 1.82) is 0 Å².